The first kappa shape index (κ1) is 17.8. The molecule has 1 saturated heterocycles. The first-order valence-electron chi connectivity index (χ1n) is 8.85. The molecule has 136 valence electrons. The Hall–Kier alpha value is -2.04. The van der Waals surface area contributed by atoms with Gasteiger partial charge < -0.3 is 14.2 Å². The van der Waals surface area contributed by atoms with Crippen molar-refractivity contribution >= 4 is 11.8 Å². The molecule has 1 spiro atoms. The lowest BCUT2D eigenvalue weighted by atomic mass is 9.60. The van der Waals surface area contributed by atoms with Crippen molar-refractivity contribution in [3.63, 3.8) is 0 Å². The Morgan fingerprint density at radius 1 is 1.00 bits per heavy atom. The van der Waals surface area contributed by atoms with Gasteiger partial charge in [0.15, 0.2) is 17.3 Å². The van der Waals surface area contributed by atoms with Crippen molar-refractivity contribution in [1.29, 1.82) is 0 Å². The van der Waals surface area contributed by atoms with Crippen LogP contribution in [0, 0.1) is 10.8 Å². The highest BCUT2D eigenvalue weighted by Crippen LogP contribution is 2.53. The number of hydrogen-bond donors (Lipinski definition) is 0. The SMILES string of the molecule is COc1ccc(C2OC(=O)C3(CCCCC3)C(=O)C2(C)C)cc1OC. The highest BCUT2D eigenvalue weighted by atomic mass is 16.6. The third-order valence-corrected chi connectivity index (χ3v) is 5.71. The van der Waals surface area contributed by atoms with Gasteiger partial charge in [-0.25, -0.2) is 0 Å². The van der Waals surface area contributed by atoms with Crippen molar-refractivity contribution in [2.45, 2.75) is 52.1 Å². The fourth-order valence-corrected chi connectivity index (χ4v) is 4.28. The summed E-state index contributed by atoms with van der Waals surface area (Å²) in [4.78, 5) is 26.2. The second-order valence-electron chi connectivity index (χ2n) is 7.59. The molecule has 1 aromatic carbocycles. The Morgan fingerprint density at radius 2 is 1.64 bits per heavy atom. The minimum Gasteiger partial charge on any atom is -0.493 e. The average Bonchev–Trinajstić information content (AvgIpc) is 2.64. The van der Waals surface area contributed by atoms with E-state index in [1.807, 2.05) is 19.9 Å². The number of ketones is 1. The number of cyclic esters (lactones) is 1. The molecule has 1 aliphatic carbocycles. The van der Waals surface area contributed by atoms with Crippen LogP contribution in [0.5, 0.6) is 11.5 Å². The molecule has 3 rings (SSSR count). The molecule has 2 aliphatic rings. The maximum atomic E-state index is 13.3. The third-order valence-electron chi connectivity index (χ3n) is 5.71. The highest BCUT2D eigenvalue weighted by Gasteiger charge is 2.60. The largest absolute Gasteiger partial charge is 0.493 e. The van der Waals surface area contributed by atoms with Crippen LogP contribution in [0.2, 0.25) is 0 Å². The van der Waals surface area contributed by atoms with Gasteiger partial charge in [-0.2, -0.15) is 0 Å². The molecule has 1 unspecified atom stereocenters. The predicted octanol–water partition coefficient (Wildman–Crippen LogP) is 3.85. The molecular weight excluding hydrogens is 320 g/mol. The third kappa shape index (κ3) is 2.70. The average molecular weight is 346 g/mol. The summed E-state index contributed by atoms with van der Waals surface area (Å²) in [7, 11) is 3.13. The molecule has 1 atom stereocenters. The summed E-state index contributed by atoms with van der Waals surface area (Å²) in [5.41, 5.74) is -0.991. The predicted molar refractivity (Wildman–Crippen MR) is 92.7 cm³/mol. The molecular formula is C20H26O5. The monoisotopic (exact) mass is 346 g/mol. The first-order valence-corrected chi connectivity index (χ1v) is 8.85. The number of ether oxygens (including phenoxy) is 3. The zero-order valence-electron chi connectivity index (χ0n) is 15.4. The first-order chi connectivity index (χ1) is 11.9. The van der Waals surface area contributed by atoms with Gasteiger partial charge in [-0.1, -0.05) is 25.3 Å². The van der Waals surface area contributed by atoms with Crippen molar-refractivity contribution in [2.75, 3.05) is 14.2 Å². The molecule has 25 heavy (non-hydrogen) atoms. The molecule has 0 amide bonds. The number of hydrogen-bond acceptors (Lipinski definition) is 5. The van der Waals surface area contributed by atoms with Crippen molar-refractivity contribution in [1.82, 2.24) is 0 Å². The lowest BCUT2D eigenvalue weighted by Gasteiger charge is -2.47. The topological polar surface area (TPSA) is 61.8 Å². The number of benzene rings is 1. The van der Waals surface area contributed by atoms with Gasteiger partial charge in [0.1, 0.15) is 11.5 Å². The van der Waals surface area contributed by atoms with Gasteiger partial charge in [0.25, 0.3) is 0 Å². The number of carbonyl (C=O) groups is 2. The molecule has 0 radical (unpaired) electrons. The van der Waals surface area contributed by atoms with Gasteiger partial charge in [0, 0.05) is 0 Å². The smallest absolute Gasteiger partial charge is 0.320 e. The summed E-state index contributed by atoms with van der Waals surface area (Å²) >= 11 is 0. The van der Waals surface area contributed by atoms with E-state index >= 15 is 0 Å². The Morgan fingerprint density at radius 3 is 2.24 bits per heavy atom. The van der Waals surface area contributed by atoms with Gasteiger partial charge in [0.2, 0.25) is 0 Å². The van der Waals surface area contributed by atoms with Crippen molar-refractivity contribution in [3.05, 3.63) is 23.8 Å². The molecule has 5 nitrogen and oxygen atoms in total. The molecule has 1 aromatic rings. The zero-order chi connectivity index (χ0) is 18.2. The van der Waals surface area contributed by atoms with Crippen LogP contribution in [-0.2, 0) is 14.3 Å². The Bertz CT molecular complexity index is 685. The van der Waals surface area contributed by atoms with Crippen LogP contribution in [0.25, 0.3) is 0 Å². The number of esters is 1. The van der Waals surface area contributed by atoms with Gasteiger partial charge in [-0.3, -0.25) is 9.59 Å². The van der Waals surface area contributed by atoms with Crippen LogP contribution in [-0.4, -0.2) is 26.0 Å². The van der Waals surface area contributed by atoms with Crippen LogP contribution >= 0.6 is 0 Å². The summed E-state index contributed by atoms with van der Waals surface area (Å²) in [5, 5.41) is 0. The molecule has 0 aromatic heterocycles. The maximum absolute atomic E-state index is 13.3. The Labute approximate surface area is 148 Å². The lowest BCUT2D eigenvalue weighted by Crippen LogP contribution is -2.55. The lowest BCUT2D eigenvalue weighted by molar-refractivity contribution is -0.192. The number of methoxy groups -OCH3 is 2. The molecule has 2 fully saturated rings. The second-order valence-corrected chi connectivity index (χ2v) is 7.59. The van der Waals surface area contributed by atoms with Crippen LogP contribution in [0.3, 0.4) is 0 Å². The number of rotatable bonds is 3. The summed E-state index contributed by atoms with van der Waals surface area (Å²) in [6.07, 6.45) is 3.46. The highest BCUT2D eigenvalue weighted by molar-refractivity contribution is 6.08. The van der Waals surface area contributed by atoms with E-state index in [0.29, 0.717) is 24.3 Å². The van der Waals surface area contributed by atoms with E-state index in [9.17, 15) is 9.59 Å². The summed E-state index contributed by atoms with van der Waals surface area (Å²) < 4.78 is 16.5. The normalized spacial score (nSPS) is 24.7. The van der Waals surface area contributed by atoms with E-state index in [2.05, 4.69) is 0 Å². The minimum absolute atomic E-state index is 0.00994. The van der Waals surface area contributed by atoms with Gasteiger partial charge in [0.05, 0.1) is 19.6 Å². The standard InChI is InChI=1S/C20H26O5/c1-19(2)16(13-8-9-14(23-3)15(12-13)24-4)25-18(22)20(17(19)21)10-6-5-7-11-20/h8-9,12,16H,5-7,10-11H2,1-4H3. The van der Waals surface area contributed by atoms with E-state index in [4.69, 9.17) is 14.2 Å². The zero-order valence-corrected chi connectivity index (χ0v) is 15.4. The van der Waals surface area contributed by atoms with Crippen molar-refractivity contribution in [2.24, 2.45) is 10.8 Å². The molecule has 0 N–H and O–H groups in total. The Balaban J connectivity index is 1.99. The molecule has 1 aliphatic heterocycles. The van der Waals surface area contributed by atoms with Gasteiger partial charge in [-0.05, 0) is 44.4 Å². The molecule has 1 heterocycles. The second kappa shape index (κ2) is 6.36. The van der Waals surface area contributed by atoms with Crippen molar-refractivity contribution in [3.8, 4) is 11.5 Å². The number of Topliss-reactive ketones (excluding diaryl/α,β-unsaturated/α-hetero) is 1. The minimum atomic E-state index is -0.950. The van der Waals surface area contributed by atoms with E-state index in [1.165, 1.54) is 0 Å². The molecule has 5 heteroatoms. The van der Waals surface area contributed by atoms with Gasteiger partial charge >= 0.3 is 5.97 Å². The molecule has 0 bridgehead atoms. The maximum Gasteiger partial charge on any atom is 0.320 e. The summed E-state index contributed by atoms with van der Waals surface area (Å²) in [6, 6.07) is 5.38. The van der Waals surface area contributed by atoms with Crippen LogP contribution in [0.1, 0.15) is 57.6 Å². The van der Waals surface area contributed by atoms with E-state index < -0.39 is 16.9 Å². The van der Waals surface area contributed by atoms with Crippen molar-refractivity contribution < 1.29 is 23.8 Å². The van der Waals surface area contributed by atoms with Crippen LogP contribution < -0.4 is 9.47 Å². The Kier molecular flexibility index (Phi) is 4.52. The number of carbonyl (C=O) groups excluding carboxylic acids is 2. The van der Waals surface area contributed by atoms with Crippen LogP contribution in [0.15, 0.2) is 18.2 Å². The summed E-state index contributed by atoms with van der Waals surface area (Å²) in [6.45, 7) is 3.75. The van der Waals surface area contributed by atoms with Crippen LogP contribution in [0.4, 0.5) is 0 Å². The van der Waals surface area contributed by atoms with E-state index in [0.717, 1.165) is 24.8 Å². The van der Waals surface area contributed by atoms with Gasteiger partial charge in [-0.15, -0.1) is 0 Å². The quantitative estimate of drug-likeness (QED) is 0.614. The molecule has 1 saturated carbocycles. The van der Waals surface area contributed by atoms with E-state index in [1.54, 1.807) is 26.4 Å². The fourth-order valence-electron chi connectivity index (χ4n) is 4.28. The fraction of sp³-hybridized carbons (Fsp3) is 0.600. The summed E-state index contributed by atoms with van der Waals surface area (Å²) in [5.74, 6) is 0.797. The van der Waals surface area contributed by atoms with E-state index in [-0.39, 0.29) is 11.8 Å².